The summed E-state index contributed by atoms with van der Waals surface area (Å²) in [5.74, 6) is 0.147. The molecule has 1 amide bonds. The van der Waals surface area contributed by atoms with Gasteiger partial charge in [-0.05, 0) is 49.4 Å². The maximum atomic E-state index is 11.8. The number of nitrogens with zero attached hydrogens (tertiary/aromatic N) is 2. The van der Waals surface area contributed by atoms with Crippen molar-refractivity contribution in [2.75, 3.05) is 10.2 Å². The van der Waals surface area contributed by atoms with Crippen molar-refractivity contribution in [1.82, 2.24) is 0 Å². The van der Waals surface area contributed by atoms with Gasteiger partial charge in [0.25, 0.3) is 0 Å². The van der Waals surface area contributed by atoms with Crippen LogP contribution >= 0.6 is 15.9 Å². The molecule has 0 heterocycles. The third-order valence-electron chi connectivity index (χ3n) is 3.77. The minimum absolute atomic E-state index is 0.147. The van der Waals surface area contributed by atoms with Crippen LogP contribution in [0.3, 0.4) is 0 Å². The number of alkyl halides is 1. The van der Waals surface area contributed by atoms with Crippen LogP contribution in [0.25, 0.3) is 0 Å². The average Bonchev–Trinajstić information content (AvgIpc) is 2.68. The van der Waals surface area contributed by atoms with Gasteiger partial charge in [-0.2, -0.15) is 0 Å². The Hall–Kier alpha value is -2.92. The molecule has 5 heteroatoms. The fraction of sp³-hybridized carbons (Fsp3) is 0.0909. The van der Waals surface area contributed by atoms with Gasteiger partial charge in [-0.15, -0.1) is 0 Å². The van der Waals surface area contributed by atoms with Crippen molar-refractivity contribution in [3.05, 3.63) is 90.7 Å². The van der Waals surface area contributed by atoms with Gasteiger partial charge in [-0.1, -0.05) is 52.9 Å². The van der Waals surface area contributed by atoms with Crippen LogP contribution in [0.2, 0.25) is 0 Å². The van der Waals surface area contributed by atoms with E-state index < -0.39 is 0 Å². The molecule has 0 radical (unpaired) electrons. The molecule has 2 rings (SSSR count). The van der Waals surface area contributed by atoms with E-state index in [9.17, 15) is 9.90 Å². The van der Waals surface area contributed by atoms with Gasteiger partial charge in [-0.25, -0.2) is 0 Å². The highest BCUT2D eigenvalue weighted by atomic mass is 79.9. The molecule has 0 bridgehead atoms. The number of phenolic OH excluding ortho intramolecular Hbond substituents is 1. The Morgan fingerprint density at radius 1 is 1.22 bits per heavy atom. The Kier molecular flexibility index (Phi) is 7.77. The summed E-state index contributed by atoms with van der Waals surface area (Å²) in [6.07, 6.45) is 8.10. The highest BCUT2D eigenvalue weighted by Crippen LogP contribution is 2.29. The van der Waals surface area contributed by atoms with E-state index in [1.165, 1.54) is 4.90 Å². The molecule has 0 aliphatic rings. The van der Waals surface area contributed by atoms with Crippen molar-refractivity contribution in [2.24, 2.45) is 4.99 Å². The number of hydrogen-bond donors (Lipinski definition) is 1. The van der Waals surface area contributed by atoms with Crippen LogP contribution in [0.4, 0.5) is 11.4 Å². The Balaban J connectivity index is 2.49. The number of carbonyl (C=O) groups is 1. The van der Waals surface area contributed by atoms with Gasteiger partial charge in [0, 0.05) is 22.3 Å². The van der Waals surface area contributed by atoms with E-state index in [0.29, 0.717) is 16.7 Å². The number of carbonyl (C=O) groups excluding carboxylic acids is 1. The lowest BCUT2D eigenvalue weighted by atomic mass is 10.1. The zero-order valence-electron chi connectivity index (χ0n) is 15.0. The molecule has 4 nitrogen and oxygen atoms in total. The summed E-state index contributed by atoms with van der Waals surface area (Å²) in [5.41, 5.74) is 3.78. The second-order valence-corrected chi connectivity index (χ2v) is 6.23. The summed E-state index contributed by atoms with van der Waals surface area (Å²) < 4.78 is 0. The van der Waals surface area contributed by atoms with Crippen LogP contribution in [0, 0.1) is 0 Å². The summed E-state index contributed by atoms with van der Waals surface area (Å²) in [6, 6.07) is 14.0. The van der Waals surface area contributed by atoms with Gasteiger partial charge in [-0.3, -0.25) is 14.7 Å². The van der Waals surface area contributed by atoms with E-state index in [0.717, 1.165) is 23.4 Å². The average molecular weight is 425 g/mol. The fourth-order valence-electron chi connectivity index (χ4n) is 2.51. The molecule has 0 saturated carbocycles. The van der Waals surface area contributed by atoms with Gasteiger partial charge >= 0.3 is 0 Å². The first kappa shape index (κ1) is 20.4. The molecule has 0 fully saturated rings. The molecule has 27 heavy (non-hydrogen) atoms. The molecule has 2 aromatic rings. The molecule has 0 spiro atoms. The number of benzene rings is 2. The van der Waals surface area contributed by atoms with Crippen LogP contribution in [0.15, 0.2) is 90.1 Å². The smallest absolute Gasteiger partial charge is 0.218 e. The summed E-state index contributed by atoms with van der Waals surface area (Å²) >= 11 is 3.39. The number of hydrogen-bond acceptors (Lipinski definition) is 3. The molecular formula is C22H21BrN2O2. The second-order valence-electron chi connectivity index (χ2n) is 5.58. The SMILES string of the molecule is C=C/C=C\C(=C/CBr)N=C(C)c1ccccc1N(C=O)c1ccc(O)cc1. The van der Waals surface area contributed by atoms with Gasteiger partial charge in [0.1, 0.15) is 5.75 Å². The number of rotatable bonds is 8. The van der Waals surface area contributed by atoms with Crippen molar-refractivity contribution in [1.29, 1.82) is 0 Å². The van der Waals surface area contributed by atoms with Crippen LogP contribution < -0.4 is 4.90 Å². The third-order valence-corrected chi connectivity index (χ3v) is 4.10. The highest BCUT2D eigenvalue weighted by molar-refractivity contribution is 9.09. The molecule has 0 aromatic heterocycles. The van der Waals surface area contributed by atoms with Crippen LogP contribution in [0.1, 0.15) is 12.5 Å². The number of anilines is 2. The normalized spacial score (nSPS) is 12.2. The Labute approximate surface area is 168 Å². The van der Waals surface area contributed by atoms with Crippen molar-refractivity contribution < 1.29 is 9.90 Å². The topological polar surface area (TPSA) is 52.9 Å². The molecular weight excluding hydrogens is 404 g/mol. The molecule has 0 aliphatic heterocycles. The Morgan fingerprint density at radius 2 is 1.93 bits per heavy atom. The van der Waals surface area contributed by atoms with E-state index in [4.69, 9.17) is 0 Å². The van der Waals surface area contributed by atoms with Crippen LogP contribution in [-0.2, 0) is 4.79 Å². The molecule has 2 aromatic carbocycles. The summed E-state index contributed by atoms with van der Waals surface area (Å²) in [5, 5.41) is 10.2. The molecule has 0 aliphatic carbocycles. The quantitative estimate of drug-likeness (QED) is 0.262. The zero-order valence-corrected chi connectivity index (χ0v) is 16.6. The van der Waals surface area contributed by atoms with Gasteiger partial charge in [0.05, 0.1) is 11.4 Å². The van der Waals surface area contributed by atoms with Crippen molar-refractivity contribution in [3.8, 4) is 5.75 Å². The minimum Gasteiger partial charge on any atom is -0.508 e. The lowest BCUT2D eigenvalue weighted by Crippen LogP contribution is -2.17. The number of halogens is 1. The largest absolute Gasteiger partial charge is 0.508 e. The maximum Gasteiger partial charge on any atom is 0.218 e. The number of phenols is 1. The third kappa shape index (κ3) is 5.53. The number of para-hydroxylation sites is 1. The van der Waals surface area contributed by atoms with Gasteiger partial charge in [0.15, 0.2) is 0 Å². The van der Waals surface area contributed by atoms with Gasteiger partial charge in [0.2, 0.25) is 6.41 Å². The number of aromatic hydroxyl groups is 1. The van der Waals surface area contributed by atoms with Crippen LogP contribution in [0.5, 0.6) is 5.75 Å². The van der Waals surface area contributed by atoms with Crippen molar-refractivity contribution >= 4 is 39.4 Å². The monoisotopic (exact) mass is 424 g/mol. The fourth-order valence-corrected chi connectivity index (χ4v) is 2.84. The van der Waals surface area contributed by atoms with Gasteiger partial charge < -0.3 is 5.11 Å². The van der Waals surface area contributed by atoms with E-state index >= 15 is 0 Å². The predicted octanol–water partition coefficient (Wildman–Crippen LogP) is 5.52. The van der Waals surface area contributed by atoms with E-state index in [1.54, 1.807) is 30.3 Å². The van der Waals surface area contributed by atoms with E-state index in [2.05, 4.69) is 27.5 Å². The zero-order chi connectivity index (χ0) is 19.6. The Morgan fingerprint density at radius 3 is 2.56 bits per heavy atom. The molecule has 0 saturated heterocycles. The Bertz CT molecular complexity index is 883. The number of aliphatic imine (C=N–C) groups is 1. The van der Waals surface area contributed by atoms with Crippen LogP contribution in [-0.4, -0.2) is 22.6 Å². The van der Waals surface area contributed by atoms with E-state index in [-0.39, 0.29) is 5.75 Å². The van der Waals surface area contributed by atoms with Crippen molar-refractivity contribution in [2.45, 2.75) is 6.92 Å². The standard InChI is InChI=1S/C22H21BrN2O2/c1-3-4-7-18(14-15-23)24-17(2)21-8-5-6-9-22(21)25(16-26)19-10-12-20(27)13-11-19/h3-14,16,27H,1,15H2,2H3/b7-4-,18-14+,24-17?. The summed E-state index contributed by atoms with van der Waals surface area (Å²) in [6.45, 7) is 5.59. The first-order valence-corrected chi connectivity index (χ1v) is 9.46. The minimum atomic E-state index is 0.147. The lowest BCUT2D eigenvalue weighted by molar-refractivity contribution is -0.106. The predicted molar refractivity (Wildman–Crippen MR) is 116 cm³/mol. The van der Waals surface area contributed by atoms with E-state index in [1.807, 2.05) is 49.4 Å². The molecule has 138 valence electrons. The molecule has 0 unspecified atom stereocenters. The molecule has 1 N–H and O–H groups in total. The first-order valence-electron chi connectivity index (χ1n) is 8.34. The number of allylic oxidation sites excluding steroid dienone is 4. The summed E-state index contributed by atoms with van der Waals surface area (Å²) in [4.78, 5) is 18.0. The summed E-state index contributed by atoms with van der Waals surface area (Å²) in [7, 11) is 0. The second kappa shape index (κ2) is 10.3. The lowest BCUT2D eigenvalue weighted by Gasteiger charge is -2.21. The highest BCUT2D eigenvalue weighted by Gasteiger charge is 2.14. The number of amides is 1. The molecule has 0 atom stereocenters. The first-order chi connectivity index (χ1) is 13.1. The van der Waals surface area contributed by atoms with Crippen molar-refractivity contribution in [3.63, 3.8) is 0 Å². The maximum absolute atomic E-state index is 11.8.